The molecule has 3 atom stereocenters. The number of aryl methyl sites for hydroxylation is 1. The molecule has 1 aliphatic carbocycles. The maximum atomic E-state index is 5.80. The Labute approximate surface area is 121 Å². The zero-order valence-corrected chi connectivity index (χ0v) is 12.5. The SMILES string of the molecule is COc1ccc2c(c1)C(NC(C)C1CCCO1)CCC2. The summed E-state index contributed by atoms with van der Waals surface area (Å²) in [4.78, 5) is 0. The molecule has 2 aliphatic rings. The van der Waals surface area contributed by atoms with Crippen molar-refractivity contribution in [2.75, 3.05) is 13.7 Å². The van der Waals surface area contributed by atoms with Crippen LogP contribution in [0.3, 0.4) is 0 Å². The molecule has 0 aromatic heterocycles. The molecule has 3 nitrogen and oxygen atoms in total. The van der Waals surface area contributed by atoms with E-state index in [1.54, 1.807) is 7.11 Å². The third kappa shape index (κ3) is 2.84. The number of hydrogen-bond donors (Lipinski definition) is 1. The molecule has 1 aromatic carbocycles. The number of methoxy groups -OCH3 is 1. The second-order valence-electron chi connectivity index (χ2n) is 6.02. The van der Waals surface area contributed by atoms with Crippen molar-refractivity contribution in [3.05, 3.63) is 29.3 Å². The van der Waals surface area contributed by atoms with E-state index in [4.69, 9.17) is 9.47 Å². The first-order valence-corrected chi connectivity index (χ1v) is 7.82. The number of rotatable bonds is 4. The molecule has 0 saturated carbocycles. The summed E-state index contributed by atoms with van der Waals surface area (Å²) in [7, 11) is 1.74. The first kappa shape index (κ1) is 13.9. The van der Waals surface area contributed by atoms with Gasteiger partial charge in [-0.25, -0.2) is 0 Å². The maximum Gasteiger partial charge on any atom is 0.119 e. The summed E-state index contributed by atoms with van der Waals surface area (Å²) in [6.45, 7) is 3.18. The Hall–Kier alpha value is -1.06. The van der Waals surface area contributed by atoms with Gasteiger partial charge in [-0.15, -0.1) is 0 Å². The molecule has 0 bridgehead atoms. The lowest BCUT2D eigenvalue weighted by Gasteiger charge is -2.31. The molecule has 0 radical (unpaired) electrons. The summed E-state index contributed by atoms with van der Waals surface area (Å²) in [5.41, 5.74) is 2.88. The topological polar surface area (TPSA) is 30.5 Å². The molecule has 0 amide bonds. The normalized spacial score (nSPS) is 27.1. The minimum Gasteiger partial charge on any atom is -0.497 e. The van der Waals surface area contributed by atoms with Crippen LogP contribution in [0.15, 0.2) is 18.2 Å². The van der Waals surface area contributed by atoms with Crippen molar-refractivity contribution in [1.29, 1.82) is 0 Å². The molecule has 3 unspecified atom stereocenters. The van der Waals surface area contributed by atoms with E-state index in [-0.39, 0.29) is 0 Å². The van der Waals surface area contributed by atoms with Crippen molar-refractivity contribution in [2.24, 2.45) is 0 Å². The summed E-state index contributed by atoms with van der Waals surface area (Å²) in [6.07, 6.45) is 6.42. The fraction of sp³-hybridized carbons (Fsp3) is 0.647. The molecule has 1 aliphatic heterocycles. The predicted octanol–water partition coefficient (Wildman–Crippen LogP) is 3.23. The lowest BCUT2D eigenvalue weighted by atomic mass is 9.87. The number of nitrogens with one attached hydrogen (secondary N) is 1. The molecule has 20 heavy (non-hydrogen) atoms. The summed E-state index contributed by atoms with van der Waals surface area (Å²) >= 11 is 0. The van der Waals surface area contributed by atoms with Crippen LogP contribution in [0, 0.1) is 0 Å². The van der Waals surface area contributed by atoms with Crippen molar-refractivity contribution in [3.8, 4) is 5.75 Å². The lowest BCUT2D eigenvalue weighted by Crippen LogP contribution is -2.40. The second-order valence-corrected chi connectivity index (χ2v) is 6.02. The van der Waals surface area contributed by atoms with Gasteiger partial charge in [0.15, 0.2) is 0 Å². The molecule has 1 saturated heterocycles. The molecule has 1 fully saturated rings. The van der Waals surface area contributed by atoms with Gasteiger partial charge in [-0.05, 0) is 62.3 Å². The quantitative estimate of drug-likeness (QED) is 0.915. The van der Waals surface area contributed by atoms with E-state index in [1.165, 1.54) is 43.2 Å². The molecular weight excluding hydrogens is 250 g/mol. The van der Waals surface area contributed by atoms with E-state index in [1.807, 2.05) is 0 Å². The van der Waals surface area contributed by atoms with E-state index < -0.39 is 0 Å². The van der Waals surface area contributed by atoms with Crippen molar-refractivity contribution >= 4 is 0 Å². The van der Waals surface area contributed by atoms with Gasteiger partial charge in [-0.3, -0.25) is 0 Å². The molecule has 0 spiro atoms. The van der Waals surface area contributed by atoms with Crippen molar-refractivity contribution in [1.82, 2.24) is 5.32 Å². The van der Waals surface area contributed by atoms with Gasteiger partial charge in [0.05, 0.1) is 13.2 Å². The van der Waals surface area contributed by atoms with Gasteiger partial charge in [0, 0.05) is 18.7 Å². The third-order valence-electron chi connectivity index (χ3n) is 4.65. The Morgan fingerprint density at radius 2 is 2.20 bits per heavy atom. The number of hydrogen-bond acceptors (Lipinski definition) is 3. The zero-order chi connectivity index (χ0) is 13.9. The molecule has 3 rings (SSSR count). The minimum atomic E-state index is 0.381. The summed E-state index contributed by atoms with van der Waals surface area (Å²) in [6, 6.07) is 7.35. The van der Waals surface area contributed by atoms with Gasteiger partial charge in [0.2, 0.25) is 0 Å². The Morgan fingerprint density at radius 3 is 2.95 bits per heavy atom. The van der Waals surface area contributed by atoms with Gasteiger partial charge in [0.25, 0.3) is 0 Å². The van der Waals surface area contributed by atoms with Crippen LogP contribution in [0.25, 0.3) is 0 Å². The van der Waals surface area contributed by atoms with E-state index >= 15 is 0 Å². The van der Waals surface area contributed by atoms with Gasteiger partial charge >= 0.3 is 0 Å². The predicted molar refractivity (Wildman–Crippen MR) is 80.2 cm³/mol. The van der Waals surface area contributed by atoms with E-state index in [0.717, 1.165) is 12.4 Å². The largest absolute Gasteiger partial charge is 0.497 e. The Kier molecular flexibility index (Phi) is 4.27. The minimum absolute atomic E-state index is 0.381. The average Bonchev–Trinajstić information content (AvgIpc) is 3.01. The molecule has 110 valence electrons. The van der Waals surface area contributed by atoms with Crippen LogP contribution < -0.4 is 10.1 Å². The standard InChI is InChI=1S/C17H25NO2/c1-12(17-7-4-10-20-17)18-16-6-3-5-13-8-9-14(19-2)11-15(13)16/h8-9,11-12,16-18H,3-7,10H2,1-2H3. The second kappa shape index (κ2) is 6.15. The Balaban J connectivity index is 1.74. The molecule has 1 heterocycles. The van der Waals surface area contributed by atoms with Gasteiger partial charge < -0.3 is 14.8 Å². The number of ether oxygens (including phenoxy) is 2. The lowest BCUT2D eigenvalue weighted by molar-refractivity contribution is 0.0787. The first-order valence-electron chi connectivity index (χ1n) is 7.82. The molecule has 1 N–H and O–H groups in total. The van der Waals surface area contributed by atoms with E-state index in [0.29, 0.717) is 18.2 Å². The van der Waals surface area contributed by atoms with Crippen LogP contribution in [0.5, 0.6) is 5.75 Å². The molecule has 1 aromatic rings. The van der Waals surface area contributed by atoms with Crippen LogP contribution in [0.4, 0.5) is 0 Å². The zero-order valence-electron chi connectivity index (χ0n) is 12.5. The van der Waals surface area contributed by atoms with Crippen LogP contribution in [-0.2, 0) is 11.2 Å². The highest BCUT2D eigenvalue weighted by molar-refractivity contribution is 5.39. The Bertz CT molecular complexity index is 454. The van der Waals surface area contributed by atoms with Crippen molar-refractivity contribution < 1.29 is 9.47 Å². The van der Waals surface area contributed by atoms with Crippen molar-refractivity contribution in [3.63, 3.8) is 0 Å². The van der Waals surface area contributed by atoms with Crippen molar-refractivity contribution in [2.45, 2.75) is 57.2 Å². The number of benzene rings is 1. The smallest absolute Gasteiger partial charge is 0.119 e. The molecule has 3 heteroatoms. The highest BCUT2D eigenvalue weighted by atomic mass is 16.5. The summed E-state index contributed by atoms with van der Waals surface area (Å²) in [5.74, 6) is 0.960. The monoisotopic (exact) mass is 275 g/mol. The van der Waals surface area contributed by atoms with Crippen LogP contribution in [0.1, 0.15) is 49.8 Å². The molecular formula is C17H25NO2. The van der Waals surface area contributed by atoms with Crippen LogP contribution >= 0.6 is 0 Å². The van der Waals surface area contributed by atoms with Gasteiger partial charge in [0.1, 0.15) is 5.75 Å². The fourth-order valence-corrected chi connectivity index (χ4v) is 3.50. The van der Waals surface area contributed by atoms with Crippen LogP contribution in [-0.4, -0.2) is 25.9 Å². The highest BCUT2D eigenvalue weighted by Gasteiger charge is 2.27. The highest BCUT2D eigenvalue weighted by Crippen LogP contribution is 2.33. The summed E-state index contributed by atoms with van der Waals surface area (Å²) in [5, 5.41) is 3.79. The number of fused-ring (bicyclic) bond motifs is 1. The van der Waals surface area contributed by atoms with Gasteiger partial charge in [-0.1, -0.05) is 6.07 Å². The van der Waals surface area contributed by atoms with E-state index in [9.17, 15) is 0 Å². The Morgan fingerprint density at radius 1 is 1.30 bits per heavy atom. The van der Waals surface area contributed by atoms with Gasteiger partial charge in [-0.2, -0.15) is 0 Å². The van der Waals surface area contributed by atoms with Crippen LogP contribution in [0.2, 0.25) is 0 Å². The average molecular weight is 275 g/mol. The fourth-order valence-electron chi connectivity index (χ4n) is 3.50. The summed E-state index contributed by atoms with van der Waals surface area (Å²) < 4.78 is 11.2. The van der Waals surface area contributed by atoms with E-state index in [2.05, 4.69) is 30.4 Å². The first-order chi connectivity index (χ1) is 9.78. The maximum absolute atomic E-state index is 5.80. The third-order valence-corrected chi connectivity index (χ3v) is 4.65.